The van der Waals surface area contributed by atoms with Crippen LogP contribution in [0.4, 0.5) is 0 Å². The lowest BCUT2D eigenvalue weighted by molar-refractivity contribution is -0.164. The van der Waals surface area contributed by atoms with Gasteiger partial charge in [-0.15, -0.1) is 0 Å². The third-order valence-corrected chi connectivity index (χ3v) is 10.0. The molecule has 1 saturated heterocycles. The Morgan fingerprint density at radius 3 is 1.35 bits per heavy atom. The minimum atomic E-state index is -0.677. The maximum atomic E-state index is 13.1. The number of carbonyl (C=O) groups is 3. The highest BCUT2D eigenvalue weighted by molar-refractivity contribution is 5.82. The van der Waals surface area contributed by atoms with E-state index in [1.54, 1.807) is 4.90 Å². The predicted molar refractivity (Wildman–Crippen MR) is 226 cm³/mol. The summed E-state index contributed by atoms with van der Waals surface area (Å²) in [5.41, 5.74) is 11.8. The standard InChI is InChI=1S/C46H81N3O5/c1-3-5-7-9-11-13-15-17-19-21-23-25-27-29-31-36-44(50)53-42-39-49(46(52)41(48)35-33-34-38-47)40-43(42)54-45(51)37-32-30-28-26-24-22-20-18-16-14-12-10-8-6-4-2/h11-14,17-20,41-43H,3-10,15-16,21-40,47-48H2,1-2H3/b13-11-,14-12-,19-17-,20-18-/t41-,42+,43+/m0/s1. The van der Waals surface area contributed by atoms with Gasteiger partial charge in [0.15, 0.2) is 12.2 Å². The molecule has 1 aliphatic heterocycles. The van der Waals surface area contributed by atoms with Gasteiger partial charge in [0.05, 0.1) is 19.1 Å². The first kappa shape index (κ1) is 49.3. The Balaban J connectivity index is 2.38. The van der Waals surface area contributed by atoms with E-state index in [-0.39, 0.29) is 30.9 Å². The van der Waals surface area contributed by atoms with Crippen LogP contribution in [0.15, 0.2) is 48.6 Å². The summed E-state index contributed by atoms with van der Waals surface area (Å²) in [5.74, 6) is -0.807. The molecule has 4 N–H and O–H groups in total. The molecule has 8 heteroatoms. The summed E-state index contributed by atoms with van der Waals surface area (Å²) in [7, 11) is 0. The second kappa shape index (κ2) is 36.0. The molecule has 0 bridgehead atoms. The first-order valence-corrected chi connectivity index (χ1v) is 22.2. The van der Waals surface area contributed by atoms with Crippen LogP contribution in [0.2, 0.25) is 0 Å². The first-order valence-electron chi connectivity index (χ1n) is 22.2. The van der Waals surface area contributed by atoms with Gasteiger partial charge in [0.2, 0.25) is 5.91 Å². The molecule has 1 rings (SSSR count). The van der Waals surface area contributed by atoms with Crippen LogP contribution in [-0.4, -0.2) is 60.6 Å². The summed E-state index contributed by atoms with van der Waals surface area (Å²) >= 11 is 0. The molecule has 54 heavy (non-hydrogen) atoms. The van der Waals surface area contributed by atoms with Crippen molar-refractivity contribution in [3.8, 4) is 0 Å². The Labute approximate surface area is 331 Å². The SMILES string of the molecule is CCCCC/C=C\C/C=C\CCCCCCCC(=O)O[C@@H]1CN(C(=O)[C@@H](N)CCCCN)C[C@H]1OC(=O)CCCCCCC/C=C\C/C=C\CCCCC. The summed E-state index contributed by atoms with van der Waals surface area (Å²) < 4.78 is 11.7. The van der Waals surface area contributed by atoms with Crippen molar-refractivity contribution in [1.82, 2.24) is 4.90 Å². The zero-order valence-electron chi connectivity index (χ0n) is 34.7. The van der Waals surface area contributed by atoms with Crippen LogP contribution in [0.25, 0.3) is 0 Å². The molecule has 1 heterocycles. The van der Waals surface area contributed by atoms with Gasteiger partial charge in [0.1, 0.15) is 0 Å². The second-order valence-electron chi connectivity index (χ2n) is 15.2. The minimum absolute atomic E-state index is 0.193. The normalized spacial score (nSPS) is 16.8. The average molecular weight is 756 g/mol. The Bertz CT molecular complexity index is 987. The fourth-order valence-electron chi connectivity index (χ4n) is 6.63. The number of hydrogen-bond acceptors (Lipinski definition) is 7. The molecule has 0 unspecified atom stereocenters. The Morgan fingerprint density at radius 2 is 0.944 bits per heavy atom. The number of carbonyl (C=O) groups excluding carboxylic acids is 3. The lowest BCUT2D eigenvalue weighted by Gasteiger charge is -2.20. The van der Waals surface area contributed by atoms with Crippen LogP contribution in [0, 0.1) is 0 Å². The van der Waals surface area contributed by atoms with E-state index in [2.05, 4.69) is 62.5 Å². The monoisotopic (exact) mass is 756 g/mol. The number of likely N-dealkylation sites (tertiary alicyclic amines) is 1. The summed E-state index contributed by atoms with van der Waals surface area (Å²) in [5, 5.41) is 0. The number of ether oxygens (including phenoxy) is 2. The third kappa shape index (κ3) is 27.8. The molecule has 0 aromatic carbocycles. The van der Waals surface area contributed by atoms with Crippen molar-refractivity contribution in [2.75, 3.05) is 19.6 Å². The second-order valence-corrected chi connectivity index (χ2v) is 15.2. The topological polar surface area (TPSA) is 125 Å². The Morgan fingerprint density at radius 1 is 0.556 bits per heavy atom. The van der Waals surface area contributed by atoms with Gasteiger partial charge in [-0.05, 0) is 96.4 Å². The number of allylic oxidation sites excluding steroid dienone is 8. The lowest BCUT2D eigenvalue weighted by Crippen LogP contribution is -2.43. The van der Waals surface area contributed by atoms with Gasteiger partial charge in [-0.25, -0.2) is 0 Å². The van der Waals surface area contributed by atoms with Gasteiger partial charge in [-0.3, -0.25) is 14.4 Å². The fourth-order valence-corrected chi connectivity index (χ4v) is 6.63. The molecule has 0 spiro atoms. The fraction of sp³-hybridized carbons (Fsp3) is 0.761. The van der Waals surface area contributed by atoms with Gasteiger partial charge in [-0.1, -0.05) is 133 Å². The van der Waals surface area contributed by atoms with Crippen molar-refractivity contribution in [3.05, 3.63) is 48.6 Å². The molecule has 0 aromatic heterocycles. The zero-order chi connectivity index (χ0) is 39.3. The Kier molecular flexibility index (Phi) is 32.8. The summed E-state index contributed by atoms with van der Waals surface area (Å²) in [6.45, 7) is 5.41. The first-order chi connectivity index (χ1) is 26.4. The van der Waals surface area contributed by atoms with E-state index >= 15 is 0 Å². The quantitative estimate of drug-likeness (QED) is 0.0375. The van der Waals surface area contributed by atoms with Crippen LogP contribution in [-0.2, 0) is 23.9 Å². The molecule has 8 nitrogen and oxygen atoms in total. The van der Waals surface area contributed by atoms with Crippen molar-refractivity contribution < 1.29 is 23.9 Å². The number of unbranched alkanes of at least 4 members (excludes halogenated alkanes) is 17. The number of nitrogens with two attached hydrogens (primary N) is 2. The van der Waals surface area contributed by atoms with E-state index in [1.807, 2.05) is 0 Å². The highest BCUT2D eigenvalue weighted by Crippen LogP contribution is 2.21. The molecule has 0 saturated carbocycles. The summed E-state index contributed by atoms with van der Waals surface area (Å²) in [6, 6.07) is -0.650. The van der Waals surface area contributed by atoms with E-state index < -0.39 is 18.2 Å². The molecule has 1 fully saturated rings. The highest BCUT2D eigenvalue weighted by Gasteiger charge is 2.41. The molecule has 0 radical (unpaired) electrons. The van der Waals surface area contributed by atoms with Crippen LogP contribution < -0.4 is 11.5 Å². The van der Waals surface area contributed by atoms with Crippen molar-refractivity contribution in [1.29, 1.82) is 0 Å². The minimum Gasteiger partial charge on any atom is -0.456 e. The number of nitrogens with zero attached hydrogens (tertiary/aromatic N) is 1. The smallest absolute Gasteiger partial charge is 0.306 e. The van der Waals surface area contributed by atoms with Crippen molar-refractivity contribution in [2.24, 2.45) is 11.5 Å². The third-order valence-electron chi connectivity index (χ3n) is 10.0. The van der Waals surface area contributed by atoms with E-state index in [4.69, 9.17) is 20.9 Å². The molecule has 0 aromatic rings. The van der Waals surface area contributed by atoms with Gasteiger partial charge in [0.25, 0.3) is 0 Å². The van der Waals surface area contributed by atoms with Crippen LogP contribution in [0.3, 0.4) is 0 Å². The van der Waals surface area contributed by atoms with Crippen molar-refractivity contribution in [3.63, 3.8) is 0 Å². The molecular weight excluding hydrogens is 675 g/mol. The largest absolute Gasteiger partial charge is 0.456 e. The van der Waals surface area contributed by atoms with Crippen LogP contribution in [0.5, 0.6) is 0 Å². The lowest BCUT2D eigenvalue weighted by atomic mass is 10.1. The average Bonchev–Trinajstić information content (AvgIpc) is 3.55. The predicted octanol–water partition coefficient (Wildman–Crippen LogP) is 10.7. The maximum absolute atomic E-state index is 13.1. The maximum Gasteiger partial charge on any atom is 0.306 e. The van der Waals surface area contributed by atoms with Gasteiger partial charge >= 0.3 is 11.9 Å². The molecule has 0 aliphatic carbocycles. The van der Waals surface area contributed by atoms with Gasteiger partial charge in [0, 0.05) is 12.8 Å². The van der Waals surface area contributed by atoms with E-state index in [0.29, 0.717) is 25.8 Å². The van der Waals surface area contributed by atoms with E-state index in [9.17, 15) is 14.4 Å². The Hall–Kier alpha value is -2.71. The molecule has 1 amide bonds. The number of amides is 1. The number of rotatable bonds is 35. The number of esters is 2. The number of hydrogen-bond donors (Lipinski definition) is 2. The molecule has 310 valence electrons. The van der Waals surface area contributed by atoms with Gasteiger partial charge in [-0.2, -0.15) is 0 Å². The molecule has 3 atom stereocenters. The van der Waals surface area contributed by atoms with E-state index in [0.717, 1.165) is 103 Å². The van der Waals surface area contributed by atoms with E-state index in [1.165, 1.54) is 51.4 Å². The highest BCUT2D eigenvalue weighted by atomic mass is 16.6. The van der Waals surface area contributed by atoms with Crippen molar-refractivity contribution >= 4 is 17.8 Å². The summed E-state index contributed by atoms with van der Waals surface area (Å²) in [6.07, 6.45) is 44.1. The molecule has 1 aliphatic rings. The molecular formula is C46H81N3O5. The van der Waals surface area contributed by atoms with Crippen LogP contribution >= 0.6 is 0 Å². The van der Waals surface area contributed by atoms with Crippen molar-refractivity contribution in [2.45, 2.75) is 205 Å². The van der Waals surface area contributed by atoms with Gasteiger partial charge < -0.3 is 25.8 Å². The zero-order valence-corrected chi connectivity index (χ0v) is 34.7. The summed E-state index contributed by atoms with van der Waals surface area (Å²) in [4.78, 5) is 40.4. The van der Waals surface area contributed by atoms with Crippen LogP contribution in [0.1, 0.15) is 187 Å².